The van der Waals surface area contributed by atoms with Gasteiger partial charge in [-0.15, -0.1) is 11.3 Å². The molecule has 2 unspecified atom stereocenters. The lowest BCUT2D eigenvalue weighted by molar-refractivity contribution is -0.152. The van der Waals surface area contributed by atoms with Crippen LogP contribution in [0.4, 0.5) is 0 Å². The molecule has 0 aliphatic heterocycles. The Bertz CT molecular complexity index is 307. The quantitative estimate of drug-likeness (QED) is 0.668. The number of hydrogen-bond donors (Lipinski definition) is 3. The number of aryl methyl sites for hydroxylation is 1. The van der Waals surface area contributed by atoms with Crippen molar-refractivity contribution in [3.63, 3.8) is 0 Å². The van der Waals surface area contributed by atoms with Crippen molar-refractivity contribution in [2.24, 2.45) is 0 Å². The molecule has 0 spiro atoms. The van der Waals surface area contributed by atoms with Crippen LogP contribution in [0.1, 0.15) is 16.5 Å². The van der Waals surface area contributed by atoms with Gasteiger partial charge in [0.25, 0.3) is 0 Å². The molecular formula is C8H10O4S. The van der Waals surface area contributed by atoms with E-state index in [2.05, 4.69) is 0 Å². The van der Waals surface area contributed by atoms with Crippen molar-refractivity contribution in [1.82, 2.24) is 0 Å². The Balaban J connectivity index is 2.85. The third-order valence-electron chi connectivity index (χ3n) is 1.72. The van der Waals surface area contributed by atoms with Crippen LogP contribution in [0.2, 0.25) is 0 Å². The van der Waals surface area contributed by atoms with Gasteiger partial charge in [0, 0.05) is 4.88 Å². The Morgan fingerprint density at radius 2 is 2.15 bits per heavy atom. The fourth-order valence-corrected chi connectivity index (χ4v) is 1.91. The second-order valence-corrected chi connectivity index (χ2v) is 3.64. The molecule has 0 bridgehead atoms. The maximum Gasteiger partial charge on any atom is 0.335 e. The zero-order valence-electron chi connectivity index (χ0n) is 6.97. The van der Waals surface area contributed by atoms with Crippen LogP contribution in [0, 0.1) is 6.92 Å². The zero-order valence-corrected chi connectivity index (χ0v) is 7.78. The first kappa shape index (κ1) is 10.2. The highest BCUT2D eigenvalue weighted by Crippen LogP contribution is 2.26. The van der Waals surface area contributed by atoms with E-state index in [-0.39, 0.29) is 0 Å². The van der Waals surface area contributed by atoms with Crippen LogP contribution in [-0.2, 0) is 4.79 Å². The van der Waals surface area contributed by atoms with Crippen LogP contribution in [0.5, 0.6) is 0 Å². The van der Waals surface area contributed by atoms with Gasteiger partial charge in [0.05, 0.1) is 0 Å². The summed E-state index contributed by atoms with van der Waals surface area (Å²) in [6.45, 7) is 1.75. The molecule has 1 aromatic rings. The van der Waals surface area contributed by atoms with Crippen molar-refractivity contribution in [2.75, 3.05) is 0 Å². The molecule has 4 nitrogen and oxygen atoms in total. The predicted molar refractivity (Wildman–Crippen MR) is 47.7 cm³/mol. The van der Waals surface area contributed by atoms with E-state index >= 15 is 0 Å². The Labute approximate surface area is 79.1 Å². The molecule has 1 aromatic heterocycles. The average Bonchev–Trinajstić information content (AvgIpc) is 2.48. The number of rotatable bonds is 3. The van der Waals surface area contributed by atoms with E-state index in [1.165, 1.54) is 11.3 Å². The average molecular weight is 202 g/mol. The summed E-state index contributed by atoms with van der Waals surface area (Å²) >= 11 is 1.23. The lowest BCUT2D eigenvalue weighted by atomic mass is 10.1. The molecule has 3 N–H and O–H groups in total. The van der Waals surface area contributed by atoms with Crippen molar-refractivity contribution in [1.29, 1.82) is 0 Å². The summed E-state index contributed by atoms with van der Waals surface area (Å²) in [5.41, 5.74) is 0.790. The molecule has 13 heavy (non-hydrogen) atoms. The van der Waals surface area contributed by atoms with Crippen molar-refractivity contribution in [3.05, 3.63) is 21.9 Å². The Morgan fingerprint density at radius 3 is 2.54 bits per heavy atom. The van der Waals surface area contributed by atoms with Crippen LogP contribution in [0.25, 0.3) is 0 Å². The van der Waals surface area contributed by atoms with Gasteiger partial charge in [-0.25, -0.2) is 4.79 Å². The fourth-order valence-electron chi connectivity index (χ4n) is 0.966. The normalized spacial score (nSPS) is 15.3. The van der Waals surface area contributed by atoms with E-state index in [9.17, 15) is 9.90 Å². The van der Waals surface area contributed by atoms with E-state index < -0.39 is 18.2 Å². The van der Waals surface area contributed by atoms with E-state index in [0.29, 0.717) is 4.88 Å². The first-order valence-electron chi connectivity index (χ1n) is 3.67. The number of carboxylic acids is 1. The molecule has 5 heteroatoms. The molecule has 2 atom stereocenters. The summed E-state index contributed by atoms with van der Waals surface area (Å²) in [4.78, 5) is 10.8. The molecule has 1 rings (SSSR count). The SMILES string of the molecule is Cc1ccsc1C(O)C(O)C(=O)O. The maximum absolute atomic E-state index is 10.3. The molecule has 0 amide bonds. The van der Waals surface area contributed by atoms with Crippen molar-refractivity contribution < 1.29 is 20.1 Å². The lowest BCUT2D eigenvalue weighted by Gasteiger charge is -2.12. The van der Waals surface area contributed by atoms with Gasteiger partial charge < -0.3 is 15.3 Å². The molecule has 0 aromatic carbocycles. The number of carbonyl (C=O) groups is 1. The van der Waals surface area contributed by atoms with Crippen LogP contribution in [-0.4, -0.2) is 27.4 Å². The summed E-state index contributed by atoms with van der Waals surface area (Å²) in [6, 6.07) is 1.76. The first-order valence-corrected chi connectivity index (χ1v) is 4.55. The number of aliphatic carboxylic acids is 1. The summed E-state index contributed by atoms with van der Waals surface area (Å²) in [7, 11) is 0. The van der Waals surface area contributed by atoms with Crippen LogP contribution in [0.15, 0.2) is 11.4 Å². The zero-order chi connectivity index (χ0) is 10.0. The standard InChI is InChI=1S/C8H10O4S/c1-4-2-3-13-7(4)5(9)6(10)8(11)12/h2-3,5-6,9-10H,1H3,(H,11,12). The van der Waals surface area contributed by atoms with Gasteiger partial charge in [0.2, 0.25) is 0 Å². The van der Waals surface area contributed by atoms with E-state index in [1.807, 2.05) is 0 Å². The van der Waals surface area contributed by atoms with Crippen LogP contribution >= 0.6 is 11.3 Å². The van der Waals surface area contributed by atoms with Crippen LogP contribution < -0.4 is 0 Å². The van der Waals surface area contributed by atoms with Gasteiger partial charge in [0.1, 0.15) is 6.10 Å². The largest absolute Gasteiger partial charge is 0.479 e. The molecule has 0 radical (unpaired) electrons. The number of carboxylic acid groups (broad SMARTS) is 1. The Kier molecular flexibility index (Phi) is 3.02. The molecule has 0 aliphatic carbocycles. The minimum atomic E-state index is -1.75. The number of aliphatic hydroxyl groups excluding tert-OH is 2. The minimum absolute atomic E-state index is 0.495. The molecule has 0 saturated carbocycles. The van der Waals surface area contributed by atoms with Crippen molar-refractivity contribution in [3.8, 4) is 0 Å². The summed E-state index contributed by atoms with van der Waals surface area (Å²) in [5, 5.41) is 28.6. The van der Waals surface area contributed by atoms with Gasteiger partial charge in [-0.2, -0.15) is 0 Å². The topological polar surface area (TPSA) is 77.8 Å². The summed E-state index contributed by atoms with van der Waals surface area (Å²) in [6.07, 6.45) is -3.09. The second kappa shape index (κ2) is 3.87. The van der Waals surface area contributed by atoms with Gasteiger partial charge in [-0.05, 0) is 23.9 Å². The monoisotopic (exact) mass is 202 g/mol. The highest BCUT2D eigenvalue weighted by Gasteiger charge is 2.26. The molecule has 0 fully saturated rings. The van der Waals surface area contributed by atoms with Crippen molar-refractivity contribution in [2.45, 2.75) is 19.1 Å². The highest BCUT2D eigenvalue weighted by molar-refractivity contribution is 7.10. The summed E-state index contributed by atoms with van der Waals surface area (Å²) < 4.78 is 0. The number of hydrogen-bond acceptors (Lipinski definition) is 4. The third kappa shape index (κ3) is 2.06. The van der Waals surface area contributed by atoms with Gasteiger partial charge >= 0.3 is 5.97 Å². The van der Waals surface area contributed by atoms with E-state index in [4.69, 9.17) is 10.2 Å². The lowest BCUT2D eigenvalue weighted by Crippen LogP contribution is -2.27. The first-order chi connectivity index (χ1) is 6.04. The number of thiophene rings is 1. The van der Waals surface area contributed by atoms with E-state index in [0.717, 1.165) is 5.56 Å². The Morgan fingerprint density at radius 1 is 1.54 bits per heavy atom. The fraction of sp³-hybridized carbons (Fsp3) is 0.375. The molecular weight excluding hydrogens is 192 g/mol. The van der Waals surface area contributed by atoms with Crippen molar-refractivity contribution >= 4 is 17.3 Å². The van der Waals surface area contributed by atoms with Gasteiger partial charge in [0.15, 0.2) is 6.10 Å². The van der Waals surface area contributed by atoms with Crippen LogP contribution in [0.3, 0.4) is 0 Å². The molecule has 72 valence electrons. The molecule has 0 aliphatic rings. The third-order valence-corrected chi connectivity index (χ3v) is 2.81. The molecule has 1 heterocycles. The minimum Gasteiger partial charge on any atom is -0.479 e. The second-order valence-electron chi connectivity index (χ2n) is 2.70. The summed E-state index contributed by atoms with van der Waals surface area (Å²) in [5.74, 6) is -1.42. The smallest absolute Gasteiger partial charge is 0.335 e. The van der Waals surface area contributed by atoms with Gasteiger partial charge in [-0.1, -0.05) is 0 Å². The van der Waals surface area contributed by atoms with Gasteiger partial charge in [-0.3, -0.25) is 0 Å². The Hall–Kier alpha value is -0.910. The highest BCUT2D eigenvalue weighted by atomic mass is 32.1. The molecule has 0 saturated heterocycles. The van der Waals surface area contributed by atoms with E-state index in [1.54, 1.807) is 18.4 Å². The predicted octanol–water partition coefficient (Wildman–Crippen LogP) is 0.535. The maximum atomic E-state index is 10.3. The number of aliphatic hydroxyl groups is 2.